The van der Waals surface area contributed by atoms with Gasteiger partial charge in [0, 0.05) is 0 Å². The molecule has 1 heterocycles. The van der Waals surface area contributed by atoms with Crippen LogP contribution in [-0.4, -0.2) is 26.1 Å². The lowest BCUT2D eigenvalue weighted by atomic mass is 9.96. The number of ether oxygens (including phenoxy) is 1. The molecule has 1 N–H and O–H groups in total. The molecule has 0 bridgehead atoms. The van der Waals surface area contributed by atoms with E-state index in [1.54, 1.807) is 0 Å². The van der Waals surface area contributed by atoms with Crippen molar-refractivity contribution >= 4 is 5.91 Å². The van der Waals surface area contributed by atoms with Gasteiger partial charge in [-0.15, -0.1) is 10.2 Å². The minimum atomic E-state index is -0.162. The van der Waals surface area contributed by atoms with Crippen molar-refractivity contribution in [3.05, 3.63) is 72.1 Å². The Morgan fingerprint density at radius 2 is 1.74 bits per heavy atom. The number of para-hydroxylation sites is 1. The van der Waals surface area contributed by atoms with Crippen LogP contribution in [0, 0.1) is 5.92 Å². The third-order valence-corrected chi connectivity index (χ3v) is 4.03. The van der Waals surface area contributed by atoms with Crippen LogP contribution in [0.15, 0.2) is 60.7 Å². The molecule has 2 aromatic carbocycles. The summed E-state index contributed by atoms with van der Waals surface area (Å²) in [6, 6.07) is 19.3. The Labute approximate surface area is 158 Å². The van der Waals surface area contributed by atoms with Crippen LogP contribution in [0.5, 0.6) is 5.75 Å². The molecule has 1 amide bonds. The number of benzene rings is 2. The van der Waals surface area contributed by atoms with Gasteiger partial charge in [0.05, 0.1) is 6.04 Å². The van der Waals surface area contributed by atoms with Gasteiger partial charge in [-0.25, -0.2) is 0 Å². The average Bonchev–Trinajstić information content (AvgIpc) is 3.13. The summed E-state index contributed by atoms with van der Waals surface area (Å²) in [6.07, 6.45) is 0. The third kappa shape index (κ3) is 5.37. The number of hydrogen-bond acceptors (Lipinski definition) is 5. The monoisotopic (exact) mass is 365 g/mol. The van der Waals surface area contributed by atoms with Crippen molar-refractivity contribution in [1.29, 1.82) is 0 Å². The Hall–Kier alpha value is -3.22. The lowest BCUT2D eigenvalue weighted by Gasteiger charge is -2.22. The molecular formula is C20H23N5O2. The van der Waals surface area contributed by atoms with Crippen LogP contribution in [0.4, 0.5) is 0 Å². The van der Waals surface area contributed by atoms with Gasteiger partial charge < -0.3 is 10.1 Å². The fourth-order valence-electron chi connectivity index (χ4n) is 2.71. The van der Waals surface area contributed by atoms with Crippen LogP contribution < -0.4 is 10.1 Å². The fourth-order valence-corrected chi connectivity index (χ4v) is 2.71. The summed E-state index contributed by atoms with van der Waals surface area (Å²) in [4.78, 5) is 13.7. The molecule has 0 unspecified atom stereocenters. The molecular weight excluding hydrogens is 342 g/mol. The van der Waals surface area contributed by atoms with Crippen LogP contribution in [0.1, 0.15) is 31.3 Å². The van der Waals surface area contributed by atoms with Gasteiger partial charge >= 0.3 is 0 Å². The fraction of sp³-hybridized carbons (Fsp3) is 0.300. The van der Waals surface area contributed by atoms with Crippen molar-refractivity contribution in [3.8, 4) is 5.75 Å². The van der Waals surface area contributed by atoms with Gasteiger partial charge in [-0.1, -0.05) is 62.4 Å². The Morgan fingerprint density at radius 1 is 1.07 bits per heavy atom. The molecule has 1 atom stereocenters. The first-order chi connectivity index (χ1) is 13.1. The highest BCUT2D eigenvalue weighted by Gasteiger charge is 2.19. The second-order valence-corrected chi connectivity index (χ2v) is 6.54. The zero-order valence-corrected chi connectivity index (χ0v) is 15.4. The van der Waals surface area contributed by atoms with E-state index in [0.29, 0.717) is 5.82 Å². The first-order valence-electron chi connectivity index (χ1n) is 8.90. The molecule has 0 fully saturated rings. The topological polar surface area (TPSA) is 81.9 Å². The maximum absolute atomic E-state index is 12.4. The van der Waals surface area contributed by atoms with Gasteiger partial charge in [0.25, 0.3) is 0 Å². The molecule has 0 aliphatic heterocycles. The van der Waals surface area contributed by atoms with Crippen molar-refractivity contribution < 1.29 is 9.53 Å². The first-order valence-corrected chi connectivity index (χ1v) is 8.90. The van der Waals surface area contributed by atoms with Gasteiger partial charge in [0.2, 0.25) is 11.7 Å². The maximum atomic E-state index is 12.4. The lowest BCUT2D eigenvalue weighted by Crippen LogP contribution is -2.34. The molecule has 3 rings (SSSR count). The van der Waals surface area contributed by atoms with Crippen LogP contribution in [0.3, 0.4) is 0 Å². The number of rotatable bonds is 8. The van der Waals surface area contributed by atoms with E-state index >= 15 is 0 Å². The second-order valence-electron chi connectivity index (χ2n) is 6.54. The predicted molar refractivity (Wildman–Crippen MR) is 101 cm³/mol. The van der Waals surface area contributed by atoms with Crippen molar-refractivity contribution in [1.82, 2.24) is 25.5 Å². The Kier molecular flexibility index (Phi) is 6.14. The highest BCUT2D eigenvalue weighted by molar-refractivity contribution is 5.76. The Morgan fingerprint density at radius 3 is 2.41 bits per heavy atom. The van der Waals surface area contributed by atoms with Crippen molar-refractivity contribution in [2.75, 3.05) is 0 Å². The number of nitrogens with zero attached hydrogens (tertiary/aromatic N) is 4. The predicted octanol–water partition coefficient (Wildman–Crippen LogP) is 2.77. The van der Waals surface area contributed by atoms with Gasteiger partial charge in [0.15, 0.2) is 6.61 Å². The molecule has 0 radical (unpaired) electrons. The molecule has 1 aromatic heterocycles. The van der Waals surface area contributed by atoms with Crippen LogP contribution in [0.25, 0.3) is 0 Å². The van der Waals surface area contributed by atoms with Gasteiger partial charge in [-0.05, 0) is 28.8 Å². The largest absolute Gasteiger partial charge is 0.485 e. The zero-order valence-electron chi connectivity index (χ0n) is 15.4. The summed E-state index contributed by atoms with van der Waals surface area (Å²) in [6.45, 7) is 4.36. The summed E-state index contributed by atoms with van der Waals surface area (Å²) in [5.74, 6) is 1.25. The van der Waals surface area contributed by atoms with E-state index in [1.807, 2.05) is 60.7 Å². The molecule has 27 heavy (non-hydrogen) atoms. The van der Waals surface area contributed by atoms with Gasteiger partial charge in [-0.2, -0.15) is 4.80 Å². The standard InChI is InChI=1S/C20H23N5O2/c1-15(2)20(16-9-5-3-6-10-16)21-19(26)13-25-23-18(22-24-25)14-27-17-11-7-4-8-12-17/h3-12,15,20H,13-14H2,1-2H3,(H,21,26)/t20-/m1/s1. The lowest BCUT2D eigenvalue weighted by molar-refractivity contribution is -0.123. The number of carbonyl (C=O) groups is 1. The van der Waals surface area contributed by atoms with Crippen LogP contribution in [0.2, 0.25) is 0 Å². The molecule has 0 aliphatic carbocycles. The van der Waals surface area contributed by atoms with E-state index in [0.717, 1.165) is 11.3 Å². The number of tetrazole rings is 1. The number of amides is 1. The first kappa shape index (κ1) is 18.6. The quantitative estimate of drug-likeness (QED) is 0.664. The third-order valence-electron chi connectivity index (χ3n) is 4.03. The minimum Gasteiger partial charge on any atom is -0.485 e. The molecule has 3 aromatic rings. The maximum Gasteiger partial charge on any atom is 0.244 e. The molecule has 140 valence electrons. The SMILES string of the molecule is CC(C)[C@@H](NC(=O)Cn1nnc(COc2ccccc2)n1)c1ccccc1. The van der Waals surface area contributed by atoms with Crippen molar-refractivity contribution in [3.63, 3.8) is 0 Å². The zero-order chi connectivity index (χ0) is 19.1. The average molecular weight is 365 g/mol. The van der Waals surface area contributed by atoms with E-state index in [1.165, 1.54) is 4.80 Å². The van der Waals surface area contributed by atoms with Crippen LogP contribution in [-0.2, 0) is 17.9 Å². The van der Waals surface area contributed by atoms with Crippen molar-refractivity contribution in [2.24, 2.45) is 5.92 Å². The molecule has 0 spiro atoms. The summed E-state index contributed by atoms with van der Waals surface area (Å²) in [7, 11) is 0. The highest BCUT2D eigenvalue weighted by atomic mass is 16.5. The van der Waals surface area contributed by atoms with E-state index in [4.69, 9.17) is 4.74 Å². The minimum absolute atomic E-state index is 0.00832. The van der Waals surface area contributed by atoms with E-state index in [9.17, 15) is 4.79 Å². The number of carbonyl (C=O) groups excluding carboxylic acids is 1. The summed E-state index contributed by atoms with van der Waals surface area (Å²) >= 11 is 0. The number of nitrogens with one attached hydrogen (secondary N) is 1. The van der Waals surface area contributed by atoms with Crippen molar-refractivity contribution in [2.45, 2.75) is 33.0 Å². The normalized spacial score (nSPS) is 12.0. The molecule has 0 aliphatic rings. The number of hydrogen-bond donors (Lipinski definition) is 1. The van der Waals surface area contributed by atoms with Gasteiger partial charge in [0.1, 0.15) is 12.3 Å². The Balaban J connectivity index is 1.55. The highest BCUT2D eigenvalue weighted by Crippen LogP contribution is 2.21. The smallest absolute Gasteiger partial charge is 0.244 e. The molecule has 0 saturated heterocycles. The second kappa shape index (κ2) is 8.93. The van der Waals surface area contributed by atoms with Crippen LogP contribution >= 0.6 is 0 Å². The van der Waals surface area contributed by atoms with E-state index in [2.05, 4.69) is 34.6 Å². The summed E-state index contributed by atoms with van der Waals surface area (Å²) < 4.78 is 5.59. The van der Waals surface area contributed by atoms with E-state index < -0.39 is 0 Å². The molecule has 7 nitrogen and oxygen atoms in total. The summed E-state index contributed by atoms with van der Waals surface area (Å²) in [5, 5.41) is 15.1. The summed E-state index contributed by atoms with van der Waals surface area (Å²) in [5.41, 5.74) is 1.07. The number of aromatic nitrogens is 4. The molecule has 0 saturated carbocycles. The van der Waals surface area contributed by atoms with E-state index in [-0.39, 0.29) is 31.0 Å². The van der Waals surface area contributed by atoms with Gasteiger partial charge in [-0.3, -0.25) is 4.79 Å². The molecule has 7 heteroatoms. The Bertz CT molecular complexity index is 849.